The zero-order valence-electron chi connectivity index (χ0n) is 12.4. The lowest BCUT2D eigenvalue weighted by Crippen LogP contribution is -2.48. The summed E-state index contributed by atoms with van der Waals surface area (Å²) in [4.78, 5) is 6.91. The number of rotatable bonds is 2. The molecule has 0 radical (unpaired) electrons. The van der Waals surface area contributed by atoms with Crippen molar-refractivity contribution >= 4 is 16.6 Å². The van der Waals surface area contributed by atoms with Crippen molar-refractivity contribution in [2.24, 2.45) is 0 Å². The van der Waals surface area contributed by atoms with Gasteiger partial charge in [0.15, 0.2) is 0 Å². The Hall–Kier alpha value is -1.61. The summed E-state index contributed by atoms with van der Waals surface area (Å²) in [6.45, 7) is 7.88. The van der Waals surface area contributed by atoms with Gasteiger partial charge in [0.25, 0.3) is 0 Å². The smallest absolute Gasteiger partial charge is 0.0703 e. The van der Waals surface area contributed by atoms with Gasteiger partial charge in [-0.3, -0.25) is 4.98 Å². The molecule has 1 atom stereocenters. The zero-order chi connectivity index (χ0) is 14.0. The van der Waals surface area contributed by atoms with Crippen molar-refractivity contribution in [1.82, 2.24) is 10.3 Å². The number of nitrogens with zero attached hydrogens (tertiary/aromatic N) is 2. The largest absolute Gasteiger partial charge is 0.370 e. The molecule has 1 aliphatic rings. The first kappa shape index (κ1) is 13.4. The second-order valence-electron chi connectivity index (χ2n) is 6.00. The maximum absolute atomic E-state index is 4.40. The minimum absolute atomic E-state index is 0.209. The van der Waals surface area contributed by atoms with Crippen molar-refractivity contribution in [3.8, 4) is 0 Å². The standard InChI is InChI=1S/C17H23N3/c1-3-17(2)13-20(11-5-10-19-17)15-7-8-16-14(12-15)6-4-9-18-16/h4,6-9,12,19H,3,5,10-11,13H2,1-2H3. The van der Waals surface area contributed by atoms with Gasteiger partial charge in [0.2, 0.25) is 0 Å². The molecule has 1 aromatic carbocycles. The van der Waals surface area contributed by atoms with Gasteiger partial charge in [-0.2, -0.15) is 0 Å². The van der Waals surface area contributed by atoms with Crippen molar-refractivity contribution in [2.45, 2.75) is 32.2 Å². The molecule has 3 nitrogen and oxygen atoms in total. The summed E-state index contributed by atoms with van der Waals surface area (Å²) < 4.78 is 0. The van der Waals surface area contributed by atoms with Gasteiger partial charge in [0.1, 0.15) is 0 Å². The summed E-state index contributed by atoms with van der Waals surface area (Å²) in [7, 11) is 0. The van der Waals surface area contributed by atoms with Crippen molar-refractivity contribution < 1.29 is 0 Å². The molecule has 1 fully saturated rings. The van der Waals surface area contributed by atoms with Crippen molar-refractivity contribution in [3.63, 3.8) is 0 Å². The molecule has 1 N–H and O–H groups in total. The summed E-state index contributed by atoms with van der Waals surface area (Å²) in [5.74, 6) is 0. The maximum Gasteiger partial charge on any atom is 0.0703 e. The van der Waals surface area contributed by atoms with E-state index in [0.717, 1.165) is 31.6 Å². The van der Waals surface area contributed by atoms with Gasteiger partial charge in [-0.25, -0.2) is 0 Å². The number of benzene rings is 1. The van der Waals surface area contributed by atoms with Crippen LogP contribution in [0.15, 0.2) is 36.5 Å². The zero-order valence-corrected chi connectivity index (χ0v) is 12.4. The lowest BCUT2D eigenvalue weighted by Gasteiger charge is -2.34. The van der Waals surface area contributed by atoms with Crippen molar-refractivity contribution in [1.29, 1.82) is 0 Å². The lowest BCUT2D eigenvalue weighted by molar-refractivity contribution is 0.366. The highest BCUT2D eigenvalue weighted by molar-refractivity contribution is 5.82. The number of hydrogen-bond donors (Lipinski definition) is 1. The van der Waals surface area contributed by atoms with Crippen LogP contribution in [-0.4, -0.2) is 30.2 Å². The number of nitrogens with one attached hydrogen (secondary N) is 1. The topological polar surface area (TPSA) is 28.2 Å². The van der Waals surface area contributed by atoms with Gasteiger partial charge in [0.05, 0.1) is 5.52 Å². The first-order valence-corrected chi connectivity index (χ1v) is 7.55. The van der Waals surface area contributed by atoms with E-state index in [1.54, 1.807) is 0 Å². The number of aromatic nitrogens is 1. The fourth-order valence-electron chi connectivity index (χ4n) is 2.93. The molecule has 1 unspecified atom stereocenters. The van der Waals surface area contributed by atoms with E-state index in [2.05, 4.69) is 53.3 Å². The molecule has 20 heavy (non-hydrogen) atoms. The summed E-state index contributed by atoms with van der Waals surface area (Å²) in [5, 5.41) is 4.91. The number of fused-ring (bicyclic) bond motifs is 1. The first-order chi connectivity index (χ1) is 9.70. The van der Waals surface area contributed by atoms with Crippen LogP contribution in [0.5, 0.6) is 0 Å². The van der Waals surface area contributed by atoms with Crippen LogP contribution in [0.25, 0.3) is 10.9 Å². The molecule has 1 aromatic heterocycles. The fraction of sp³-hybridized carbons (Fsp3) is 0.471. The normalized spacial score (nSPS) is 23.8. The minimum atomic E-state index is 0.209. The molecule has 3 heteroatoms. The Kier molecular flexibility index (Phi) is 3.62. The van der Waals surface area contributed by atoms with Crippen LogP contribution >= 0.6 is 0 Å². The Morgan fingerprint density at radius 1 is 1.35 bits per heavy atom. The highest BCUT2D eigenvalue weighted by atomic mass is 15.2. The Labute approximate surface area is 121 Å². The SMILES string of the molecule is CCC1(C)CN(c2ccc3ncccc3c2)CCCN1. The van der Waals surface area contributed by atoms with Crippen LogP contribution in [0, 0.1) is 0 Å². The number of hydrogen-bond acceptors (Lipinski definition) is 3. The summed E-state index contributed by atoms with van der Waals surface area (Å²) in [6, 6.07) is 10.7. The molecule has 1 saturated heterocycles. The Bertz CT molecular complexity index is 596. The summed E-state index contributed by atoms with van der Waals surface area (Å²) >= 11 is 0. The van der Waals surface area contributed by atoms with E-state index >= 15 is 0 Å². The molecule has 0 saturated carbocycles. The molecular formula is C17H23N3. The van der Waals surface area contributed by atoms with E-state index in [1.807, 2.05) is 12.3 Å². The lowest BCUT2D eigenvalue weighted by atomic mass is 9.98. The van der Waals surface area contributed by atoms with Crippen LogP contribution in [0.2, 0.25) is 0 Å². The van der Waals surface area contributed by atoms with Crippen LogP contribution in [0.1, 0.15) is 26.7 Å². The third-order valence-electron chi connectivity index (χ3n) is 4.43. The van der Waals surface area contributed by atoms with Gasteiger partial charge in [-0.15, -0.1) is 0 Å². The van der Waals surface area contributed by atoms with Crippen LogP contribution in [-0.2, 0) is 0 Å². The Balaban J connectivity index is 1.92. The second kappa shape index (κ2) is 5.41. The van der Waals surface area contributed by atoms with Crippen molar-refractivity contribution in [2.75, 3.05) is 24.5 Å². The predicted molar refractivity (Wildman–Crippen MR) is 85.3 cm³/mol. The van der Waals surface area contributed by atoms with Gasteiger partial charge in [-0.1, -0.05) is 13.0 Å². The highest BCUT2D eigenvalue weighted by Gasteiger charge is 2.27. The molecule has 3 rings (SSSR count). The molecule has 0 bridgehead atoms. The predicted octanol–water partition coefficient (Wildman–Crippen LogP) is 3.20. The van der Waals surface area contributed by atoms with E-state index in [4.69, 9.17) is 0 Å². The molecule has 2 aromatic rings. The van der Waals surface area contributed by atoms with Crippen LogP contribution < -0.4 is 10.2 Å². The van der Waals surface area contributed by atoms with E-state index in [1.165, 1.54) is 17.5 Å². The molecule has 2 heterocycles. The first-order valence-electron chi connectivity index (χ1n) is 7.55. The highest BCUT2D eigenvalue weighted by Crippen LogP contribution is 2.25. The Morgan fingerprint density at radius 2 is 2.25 bits per heavy atom. The van der Waals surface area contributed by atoms with Gasteiger partial charge >= 0.3 is 0 Å². The van der Waals surface area contributed by atoms with E-state index in [9.17, 15) is 0 Å². The third kappa shape index (κ3) is 2.63. The third-order valence-corrected chi connectivity index (χ3v) is 4.43. The number of anilines is 1. The van der Waals surface area contributed by atoms with Crippen molar-refractivity contribution in [3.05, 3.63) is 36.5 Å². The molecule has 106 valence electrons. The Morgan fingerprint density at radius 3 is 3.10 bits per heavy atom. The van der Waals surface area contributed by atoms with E-state index in [-0.39, 0.29) is 5.54 Å². The van der Waals surface area contributed by atoms with Gasteiger partial charge in [-0.05, 0) is 50.6 Å². The quantitative estimate of drug-likeness (QED) is 0.907. The maximum atomic E-state index is 4.40. The van der Waals surface area contributed by atoms with Crippen LogP contribution in [0.4, 0.5) is 5.69 Å². The molecule has 1 aliphatic heterocycles. The molecule has 0 amide bonds. The summed E-state index contributed by atoms with van der Waals surface area (Å²) in [5.41, 5.74) is 2.59. The molecule has 0 aliphatic carbocycles. The van der Waals surface area contributed by atoms with Gasteiger partial charge < -0.3 is 10.2 Å². The minimum Gasteiger partial charge on any atom is -0.370 e. The summed E-state index contributed by atoms with van der Waals surface area (Å²) in [6.07, 6.45) is 4.20. The second-order valence-corrected chi connectivity index (χ2v) is 6.00. The number of pyridine rings is 1. The van der Waals surface area contributed by atoms with Crippen LogP contribution in [0.3, 0.4) is 0 Å². The average Bonchev–Trinajstić information content (AvgIpc) is 2.69. The average molecular weight is 269 g/mol. The fourth-order valence-corrected chi connectivity index (χ4v) is 2.93. The molecule has 0 spiro atoms. The van der Waals surface area contributed by atoms with Gasteiger partial charge in [0, 0.05) is 35.9 Å². The molecular weight excluding hydrogens is 246 g/mol. The van der Waals surface area contributed by atoms with E-state index in [0.29, 0.717) is 0 Å². The van der Waals surface area contributed by atoms with E-state index < -0.39 is 0 Å². The monoisotopic (exact) mass is 269 g/mol.